The highest BCUT2D eigenvalue weighted by molar-refractivity contribution is 5.48. The molecule has 110 valence electrons. The number of aromatic nitrogens is 1. The van der Waals surface area contributed by atoms with Gasteiger partial charge in [0.1, 0.15) is 5.75 Å². The van der Waals surface area contributed by atoms with E-state index in [9.17, 15) is 5.11 Å². The van der Waals surface area contributed by atoms with Gasteiger partial charge in [0, 0.05) is 6.07 Å². The van der Waals surface area contributed by atoms with E-state index < -0.39 is 0 Å². The second-order valence-corrected chi connectivity index (χ2v) is 5.29. The van der Waals surface area contributed by atoms with Gasteiger partial charge >= 0.3 is 0 Å². The first kappa shape index (κ1) is 13.7. The summed E-state index contributed by atoms with van der Waals surface area (Å²) in [6.07, 6.45) is 5.08. The van der Waals surface area contributed by atoms with Gasteiger partial charge in [0.25, 0.3) is 0 Å². The fraction of sp³-hybridized carbons (Fsp3) is 0.353. The molecule has 0 fully saturated rings. The van der Waals surface area contributed by atoms with Gasteiger partial charge in [-0.2, -0.15) is 0 Å². The number of rotatable bonds is 4. The minimum atomic E-state index is 0.223. The molecule has 2 N–H and O–H groups in total. The third kappa shape index (κ3) is 3.10. The zero-order valence-electron chi connectivity index (χ0n) is 12.2. The van der Waals surface area contributed by atoms with E-state index in [0.29, 0.717) is 18.2 Å². The van der Waals surface area contributed by atoms with Crippen LogP contribution in [0.15, 0.2) is 36.5 Å². The third-order valence-corrected chi connectivity index (χ3v) is 3.81. The van der Waals surface area contributed by atoms with Gasteiger partial charge in [0.2, 0.25) is 5.88 Å². The lowest BCUT2D eigenvalue weighted by Crippen LogP contribution is -2.17. The van der Waals surface area contributed by atoms with Crippen molar-refractivity contribution in [1.82, 2.24) is 4.98 Å². The maximum Gasteiger partial charge on any atom is 0.213 e. The number of phenolic OH excluding ortho intramolecular Hbond substituents is 1. The number of nitrogens with one attached hydrogen (secondary N) is 1. The Kier molecular flexibility index (Phi) is 3.95. The van der Waals surface area contributed by atoms with Crippen LogP contribution in [0.1, 0.15) is 36.9 Å². The van der Waals surface area contributed by atoms with Crippen LogP contribution in [0.25, 0.3) is 0 Å². The first-order valence-corrected chi connectivity index (χ1v) is 7.43. The number of benzene rings is 1. The maximum atomic E-state index is 9.71. The summed E-state index contributed by atoms with van der Waals surface area (Å²) in [5.74, 6) is 0.969. The van der Waals surface area contributed by atoms with Crippen LogP contribution in [-0.4, -0.2) is 16.7 Å². The van der Waals surface area contributed by atoms with Crippen molar-refractivity contribution in [3.05, 3.63) is 47.7 Å². The van der Waals surface area contributed by atoms with Crippen LogP contribution in [0.4, 0.5) is 5.69 Å². The number of pyridine rings is 1. The molecule has 3 rings (SSSR count). The minimum Gasteiger partial charge on any atom is -0.508 e. The summed E-state index contributed by atoms with van der Waals surface area (Å²) in [5.41, 5.74) is 3.48. The average Bonchev–Trinajstić information content (AvgIpc) is 2.50. The molecule has 4 heteroatoms. The SMILES string of the molecule is CCOc1ccc(NC2CCCc3ccc(O)cc32)cn1. The summed E-state index contributed by atoms with van der Waals surface area (Å²) in [6, 6.07) is 9.73. The van der Waals surface area contributed by atoms with E-state index in [4.69, 9.17) is 4.74 Å². The molecule has 4 nitrogen and oxygen atoms in total. The molecular formula is C17H20N2O2. The van der Waals surface area contributed by atoms with Crippen molar-refractivity contribution in [2.45, 2.75) is 32.2 Å². The molecule has 0 spiro atoms. The summed E-state index contributed by atoms with van der Waals surface area (Å²) >= 11 is 0. The van der Waals surface area contributed by atoms with Crippen molar-refractivity contribution >= 4 is 5.69 Å². The predicted molar refractivity (Wildman–Crippen MR) is 82.8 cm³/mol. The summed E-state index contributed by atoms with van der Waals surface area (Å²) < 4.78 is 5.35. The summed E-state index contributed by atoms with van der Waals surface area (Å²) in [6.45, 7) is 2.56. The van der Waals surface area contributed by atoms with Gasteiger partial charge in [-0.05, 0) is 55.5 Å². The standard InChI is InChI=1S/C17H20N2O2/c1-2-21-17-9-7-13(11-18-17)19-16-5-3-4-12-6-8-14(20)10-15(12)16/h6-11,16,19-20H,2-5H2,1H3. The molecule has 0 bridgehead atoms. The number of aryl methyl sites for hydroxylation is 1. The Morgan fingerprint density at radius 2 is 2.24 bits per heavy atom. The highest BCUT2D eigenvalue weighted by Gasteiger charge is 2.20. The maximum absolute atomic E-state index is 9.71. The van der Waals surface area contributed by atoms with E-state index in [-0.39, 0.29) is 6.04 Å². The molecule has 0 saturated carbocycles. The van der Waals surface area contributed by atoms with E-state index >= 15 is 0 Å². The molecule has 0 radical (unpaired) electrons. The fourth-order valence-electron chi connectivity index (χ4n) is 2.84. The van der Waals surface area contributed by atoms with E-state index in [1.54, 1.807) is 12.3 Å². The van der Waals surface area contributed by atoms with Crippen LogP contribution >= 0.6 is 0 Å². The Morgan fingerprint density at radius 3 is 3.00 bits per heavy atom. The number of ether oxygens (including phenoxy) is 1. The lowest BCUT2D eigenvalue weighted by atomic mass is 9.87. The third-order valence-electron chi connectivity index (χ3n) is 3.81. The Hall–Kier alpha value is -2.23. The topological polar surface area (TPSA) is 54.4 Å². The largest absolute Gasteiger partial charge is 0.508 e. The van der Waals surface area contributed by atoms with Gasteiger partial charge in [-0.15, -0.1) is 0 Å². The van der Waals surface area contributed by atoms with Crippen LogP contribution in [0, 0.1) is 0 Å². The van der Waals surface area contributed by atoms with Gasteiger partial charge in [0.05, 0.1) is 24.5 Å². The summed E-state index contributed by atoms with van der Waals surface area (Å²) in [7, 11) is 0. The van der Waals surface area contributed by atoms with Gasteiger partial charge in [-0.25, -0.2) is 4.98 Å². The minimum absolute atomic E-state index is 0.223. The Balaban J connectivity index is 1.78. The van der Waals surface area contributed by atoms with Crippen molar-refractivity contribution in [3.8, 4) is 11.6 Å². The summed E-state index contributed by atoms with van der Waals surface area (Å²) in [4.78, 5) is 4.27. The number of nitrogens with zero attached hydrogens (tertiary/aromatic N) is 1. The second-order valence-electron chi connectivity index (χ2n) is 5.29. The van der Waals surface area contributed by atoms with E-state index in [1.807, 2.05) is 31.2 Å². The van der Waals surface area contributed by atoms with Gasteiger partial charge in [-0.3, -0.25) is 0 Å². The monoisotopic (exact) mass is 284 g/mol. The molecule has 1 aliphatic rings. The molecular weight excluding hydrogens is 264 g/mol. The molecule has 21 heavy (non-hydrogen) atoms. The number of aromatic hydroxyl groups is 1. The van der Waals surface area contributed by atoms with E-state index in [1.165, 1.54) is 11.1 Å². The van der Waals surface area contributed by atoms with Crippen molar-refractivity contribution in [3.63, 3.8) is 0 Å². The highest BCUT2D eigenvalue weighted by Crippen LogP contribution is 2.34. The highest BCUT2D eigenvalue weighted by atomic mass is 16.5. The fourth-order valence-corrected chi connectivity index (χ4v) is 2.84. The lowest BCUT2D eigenvalue weighted by molar-refractivity contribution is 0.327. The van der Waals surface area contributed by atoms with Crippen molar-refractivity contribution in [2.24, 2.45) is 0 Å². The summed E-state index contributed by atoms with van der Waals surface area (Å²) in [5, 5.41) is 13.2. The zero-order valence-corrected chi connectivity index (χ0v) is 12.2. The smallest absolute Gasteiger partial charge is 0.213 e. The number of hydrogen-bond donors (Lipinski definition) is 2. The van der Waals surface area contributed by atoms with Crippen molar-refractivity contribution in [2.75, 3.05) is 11.9 Å². The Morgan fingerprint density at radius 1 is 1.33 bits per heavy atom. The van der Waals surface area contributed by atoms with Gasteiger partial charge in [0.15, 0.2) is 0 Å². The van der Waals surface area contributed by atoms with Gasteiger partial charge < -0.3 is 15.2 Å². The molecule has 1 aliphatic carbocycles. The normalized spacial score (nSPS) is 17.1. The van der Waals surface area contributed by atoms with Crippen LogP contribution in [-0.2, 0) is 6.42 Å². The molecule has 2 aromatic rings. The molecule has 0 amide bonds. The van der Waals surface area contributed by atoms with Crippen LogP contribution in [0.2, 0.25) is 0 Å². The number of phenols is 1. The second kappa shape index (κ2) is 6.04. The van der Waals surface area contributed by atoms with Crippen LogP contribution in [0.5, 0.6) is 11.6 Å². The number of hydrogen-bond acceptors (Lipinski definition) is 4. The van der Waals surface area contributed by atoms with Gasteiger partial charge in [-0.1, -0.05) is 6.07 Å². The van der Waals surface area contributed by atoms with Crippen molar-refractivity contribution < 1.29 is 9.84 Å². The first-order chi connectivity index (χ1) is 10.3. The molecule has 1 atom stereocenters. The molecule has 1 unspecified atom stereocenters. The zero-order chi connectivity index (χ0) is 14.7. The van der Waals surface area contributed by atoms with Crippen molar-refractivity contribution in [1.29, 1.82) is 0 Å². The molecule has 1 aromatic heterocycles. The molecule has 0 saturated heterocycles. The van der Waals surface area contributed by atoms with E-state index in [0.717, 1.165) is 24.9 Å². The molecule has 1 heterocycles. The quantitative estimate of drug-likeness (QED) is 0.899. The van der Waals surface area contributed by atoms with Crippen LogP contribution < -0.4 is 10.1 Å². The Bertz CT molecular complexity index is 611. The number of fused-ring (bicyclic) bond motifs is 1. The lowest BCUT2D eigenvalue weighted by Gasteiger charge is -2.27. The predicted octanol–water partition coefficient (Wildman–Crippen LogP) is 3.68. The Labute approximate surface area is 124 Å². The first-order valence-electron chi connectivity index (χ1n) is 7.43. The average molecular weight is 284 g/mol. The van der Waals surface area contributed by atoms with E-state index in [2.05, 4.69) is 10.3 Å². The van der Waals surface area contributed by atoms with Crippen LogP contribution in [0.3, 0.4) is 0 Å². The molecule has 1 aromatic carbocycles. The molecule has 0 aliphatic heterocycles. The number of anilines is 1.